The minimum Gasteiger partial charge on any atom is -0.452 e. The molecule has 3 unspecified atom stereocenters. The van der Waals surface area contributed by atoms with E-state index >= 15 is 0 Å². The zero-order valence-electron chi connectivity index (χ0n) is 8.93. The maximum Gasteiger partial charge on any atom is 0.274 e. The molecule has 88 valence electrons. The van der Waals surface area contributed by atoms with Crippen LogP contribution in [0.2, 0.25) is 0 Å². The van der Waals surface area contributed by atoms with E-state index in [1.54, 1.807) is 6.07 Å². The molecule has 3 atom stereocenters. The molecule has 2 aliphatic carbocycles. The van der Waals surface area contributed by atoms with Gasteiger partial charge in [-0.05, 0) is 43.2 Å². The summed E-state index contributed by atoms with van der Waals surface area (Å²) in [6.45, 7) is 0. The Bertz CT molecular complexity index is 465. The Balaban J connectivity index is 1.76. The van der Waals surface area contributed by atoms with E-state index in [1.165, 1.54) is 25.2 Å². The molecule has 1 aromatic heterocycles. The minimum absolute atomic E-state index is 0.0234. The summed E-state index contributed by atoms with van der Waals surface area (Å²) in [7, 11) is -3.44. The van der Waals surface area contributed by atoms with Crippen LogP contribution in [0.4, 0.5) is 0 Å². The van der Waals surface area contributed by atoms with E-state index in [-0.39, 0.29) is 11.1 Å². The molecule has 1 N–H and O–H groups in total. The van der Waals surface area contributed by atoms with Crippen molar-refractivity contribution in [2.45, 2.75) is 36.8 Å². The molecule has 1 aromatic rings. The van der Waals surface area contributed by atoms with E-state index in [0.29, 0.717) is 5.92 Å². The second-order valence-corrected chi connectivity index (χ2v) is 6.48. The van der Waals surface area contributed by atoms with Crippen molar-refractivity contribution in [3.63, 3.8) is 0 Å². The van der Waals surface area contributed by atoms with Crippen LogP contribution < -0.4 is 4.72 Å². The van der Waals surface area contributed by atoms with Gasteiger partial charge in [0.2, 0.25) is 5.09 Å². The van der Waals surface area contributed by atoms with Crippen LogP contribution in [0, 0.1) is 11.8 Å². The van der Waals surface area contributed by atoms with Crippen LogP contribution in [0.3, 0.4) is 0 Å². The average molecular weight is 241 g/mol. The molecule has 2 bridgehead atoms. The first kappa shape index (κ1) is 10.4. The first-order chi connectivity index (χ1) is 7.65. The van der Waals surface area contributed by atoms with Gasteiger partial charge >= 0.3 is 0 Å². The highest BCUT2D eigenvalue weighted by Crippen LogP contribution is 2.44. The van der Waals surface area contributed by atoms with Crippen molar-refractivity contribution in [3.05, 3.63) is 18.4 Å². The largest absolute Gasteiger partial charge is 0.452 e. The quantitative estimate of drug-likeness (QED) is 0.877. The molecule has 0 saturated heterocycles. The standard InChI is InChI=1S/C11H15NO3S/c13-16(14,11-2-1-5-15-11)12-10-7-8-3-4-9(10)6-8/h1-2,5,8-10,12H,3-4,6-7H2. The summed E-state index contributed by atoms with van der Waals surface area (Å²) >= 11 is 0. The van der Waals surface area contributed by atoms with Gasteiger partial charge in [0.25, 0.3) is 10.0 Å². The van der Waals surface area contributed by atoms with E-state index in [1.807, 2.05) is 0 Å². The van der Waals surface area contributed by atoms with E-state index in [0.717, 1.165) is 18.8 Å². The third-order valence-corrected chi connectivity index (χ3v) is 5.18. The van der Waals surface area contributed by atoms with Gasteiger partial charge in [0.15, 0.2) is 0 Å². The number of fused-ring (bicyclic) bond motifs is 2. The zero-order valence-corrected chi connectivity index (χ0v) is 9.74. The Morgan fingerprint density at radius 2 is 2.19 bits per heavy atom. The molecular formula is C11H15NO3S. The van der Waals surface area contributed by atoms with E-state index in [9.17, 15) is 8.42 Å². The molecule has 2 aliphatic rings. The fourth-order valence-corrected chi connectivity index (χ4v) is 4.31. The van der Waals surface area contributed by atoms with Crippen molar-refractivity contribution >= 4 is 10.0 Å². The monoisotopic (exact) mass is 241 g/mol. The Morgan fingerprint density at radius 3 is 2.75 bits per heavy atom. The summed E-state index contributed by atoms with van der Waals surface area (Å²) < 4.78 is 31.5. The van der Waals surface area contributed by atoms with Crippen molar-refractivity contribution in [2.75, 3.05) is 0 Å². The summed E-state index contributed by atoms with van der Waals surface area (Å²) in [5.74, 6) is 1.27. The molecule has 0 spiro atoms. The highest BCUT2D eigenvalue weighted by Gasteiger charge is 2.41. The summed E-state index contributed by atoms with van der Waals surface area (Å²) in [5, 5.41) is 0.0234. The SMILES string of the molecule is O=S(=O)(NC1CC2CCC1C2)c1ccco1. The van der Waals surface area contributed by atoms with Gasteiger partial charge in [0.1, 0.15) is 0 Å². The minimum atomic E-state index is -3.44. The maximum absolute atomic E-state index is 11.9. The van der Waals surface area contributed by atoms with Crippen LogP contribution >= 0.6 is 0 Å². The van der Waals surface area contributed by atoms with Gasteiger partial charge in [-0.25, -0.2) is 13.1 Å². The number of rotatable bonds is 3. The number of furan rings is 1. The lowest BCUT2D eigenvalue weighted by molar-refractivity contribution is 0.381. The van der Waals surface area contributed by atoms with Crippen molar-refractivity contribution in [1.29, 1.82) is 0 Å². The molecule has 2 saturated carbocycles. The Labute approximate surface area is 95.1 Å². The molecule has 4 nitrogen and oxygen atoms in total. The van der Waals surface area contributed by atoms with Crippen LogP contribution in [-0.4, -0.2) is 14.5 Å². The molecule has 5 heteroatoms. The van der Waals surface area contributed by atoms with Crippen molar-refractivity contribution < 1.29 is 12.8 Å². The van der Waals surface area contributed by atoms with Crippen LogP contribution in [0.25, 0.3) is 0 Å². The molecule has 0 amide bonds. The first-order valence-electron chi connectivity index (χ1n) is 5.71. The third-order valence-electron chi connectivity index (χ3n) is 3.80. The topological polar surface area (TPSA) is 59.3 Å². The van der Waals surface area contributed by atoms with Gasteiger partial charge in [-0.2, -0.15) is 0 Å². The van der Waals surface area contributed by atoms with Gasteiger partial charge in [0, 0.05) is 6.04 Å². The van der Waals surface area contributed by atoms with Crippen LogP contribution in [0.5, 0.6) is 0 Å². The zero-order chi connectivity index (χ0) is 11.2. The molecular weight excluding hydrogens is 226 g/mol. The number of hydrogen-bond acceptors (Lipinski definition) is 3. The third kappa shape index (κ3) is 1.68. The maximum atomic E-state index is 11.9. The van der Waals surface area contributed by atoms with Gasteiger partial charge in [-0.3, -0.25) is 0 Å². The second-order valence-electron chi connectivity index (χ2n) is 4.83. The van der Waals surface area contributed by atoms with Crippen LogP contribution in [-0.2, 0) is 10.0 Å². The lowest BCUT2D eigenvalue weighted by atomic mass is 9.96. The molecule has 0 aliphatic heterocycles. The number of nitrogens with one attached hydrogen (secondary N) is 1. The van der Waals surface area contributed by atoms with Crippen molar-refractivity contribution in [3.8, 4) is 0 Å². The first-order valence-corrected chi connectivity index (χ1v) is 7.19. The fraction of sp³-hybridized carbons (Fsp3) is 0.636. The number of sulfonamides is 1. The molecule has 2 fully saturated rings. The molecule has 3 rings (SSSR count). The predicted molar refractivity (Wildman–Crippen MR) is 58.3 cm³/mol. The van der Waals surface area contributed by atoms with Crippen LogP contribution in [0.15, 0.2) is 27.9 Å². The van der Waals surface area contributed by atoms with Gasteiger partial charge in [-0.15, -0.1) is 0 Å². The summed E-state index contributed by atoms with van der Waals surface area (Å²) in [4.78, 5) is 0. The summed E-state index contributed by atoms with van der Waals surface area (Å²) in [6.07, 6.45) is 5.99. The van der Waals surface area contributed by atoms with Crippen molar-refractivity contribution in [1.82, 2.24) is 4.72 Å². The normalized spacial score (nSPS) is 33.4. The molecule has 0 radical (unpaired) electrons. The lowest BCUT2D eigenvalue weighted by Gasteiger charge is -2.21. The fourth-order valence-electron chi connectivity index (χ4n) is 3.06. The number of hydrogen-bond donors (Lipinski definition) is 1. The van der Waals surface area contributed by atoms with Gasteiger partial charge in [-0.1, -0.05) is 6.42 Å². The highest BCUT2D eigenvalue weighted by atomic mass is 32.2. The highest BCUT2D eigenvalue weighted by molar-refractivity contribution is 7.89. The van der Waals surface area contributed by atoms with E-state index in [2.05, 4.69) is 4.72 Å². The summed E-state index contributed by atoms with van der Waals surface area (Å²) in [6, 6.07) is 3.19. The summed E-state index contributed by atoms with van der Waals surface area (Å²) in [5.41, 5.74) is 0. The second kappa shape index (κ2) is 3.60. The molecule has 16 heavy (non-hydrogen) atoms. The van der Waals surface area contributed by atoms with E-state index < -0.39 is 10.0 Å². The lowest BCUT2D eigenvalue weighted by Crippen LogP contribution is -2.38. The Kier molecular flexibility index (Phi) is 2.33. The molecule has 0 aromatic carbocycles. The van der Waals surface area contributed by atoms with Gasteiger partial charge < -0.3 is 4.42 Å². The smallest absolute Gasteiger partial charge is 0.274 e. The molecule has 1 heterocycles. The van der Waals surface area contributed by atoms with Crippen molar-refractivity contribution in [2.24, 2.45) is 11.8 Å². The van der Waals surface area contributed by atoms with Crippen LogP contribution in [0.1, 0.15) is 25.7 Å². The average Bonchev–Trinajstić information content (AvgIpc) is 2.94. The van der Waals surface area contributed by atoms with E-state index in [4.69, 9.17) is 4.42 Å². The predicted octanol–water partition coefficient (Wildman–Crippen LogP) is 1.75. The Hall–Kier alpha value is -0.810. The van der Waals surface area contributed by atoms with Gasteiger partial charge in [0.05, 0.1) is 6.26 Å². The Morgan fingerprint density at radius 1 is 1.31 bits per heavy atom.